The Hall–Kier alpha value is -3.71. The molecule has 216 valence electrons. The predicted molar refractivity (Wildman–Crippen MR) is 156 cm³/mol. The minimum absolute atomic E-state index is 0.0732. The van der Waals surface area contributed by atoms with Gasteiger partial charge in [-0.15, -0.1) is 0 Å². The van der Waals surface area contributed by atoms with E-state index in [1.54, 1.807) is 42.7 Å². The minimum atomic E-state index is -4.18. The van der Waals surface area contributed by atoms with E-state index in [9.17, 15) is 8.42 Å². The molecule has 10 nitrogen and oxygen atoms in total. The van der Waals surface area contributed by atoms with Crippen molar-refractivity contribution in [2.75, 3.05) is 32.1 Å². The summed E-state index contributed by atoms with van der Waals surface area (Å²) >= 11 is 0. The van der Waals surface area contributed by atoms with Crippen LogP contribution in [0.1, 0.15) is 29.7 Å². The van der Waals surface area contributed by atoms with Crippen LogP contribution in [0.15, 0.2) is 54.9 Å². The highest BCUT2D eigenvalue weighted by molar-refractivity contribution is 7.89. The normalized spacial score (nSPS) is 18.3. The Morgan fingerprint density at radius 1 is 1.12 bits per heavy atom. The Labute approximate surface area is 238 Å². The molecule has 5 rings (SSSR count). The molecule has 3 heterocycles. The number of piperidine rings is 1. The molecule has 12 heteroatoms. The number of nitrogens with one attached hydrogen (secondary N) is 2. The number of nitrogens with two attached hydrogens (primary N) is 1. The van der Waals surface area contributed by atoms with E-state index in [2.05, 4.69) is 27.5 Å². The molecule has 0 amide bonds. The lowest BCUT2D eigenvalue weighted by atomic mass is 9.98. The third-order valence-corrected chi connectivity index (χ3v) is 8.34. The summed E-state index contributed by atoms with van der Waals surface area (Å²) in [4.78, 5) is 13.6. The van der Waals surface area contributed by atoms with Crippen LogP contribution >= 0.6 is 0 Å². The van der Waals surface area contributed by atoms with Gasteiger partial charge < -0.3 is 20.1 Å². The number of hydrogen-bond acceptors (Lipinski definition) is 9. The maximum atomic E-state index is 15.1. The fourth-order valence-corrected chi connectivity index (χ4v) is 6.13. The highest BCUT2D eigenvalue weighted by Gasteiger charge is 2.30. The largest absolute Gasteiger partial charge is 0.437 e. The van der Waals surface area contributed by atoms with E-state index in [0.717, 1.165) is 25.1 Å². The Morgan fingerprint density at radius 2 is 1.93 bits per heavy atom. The van der Waals surface area contributed by atoms with Crippen LogP contribution in [0.4, 0.5) is 10.3 Å². The standard InChI is InChI=1S/C29H33FN6O4S/c1-17-13-19(15-32-14-17)35-29-34-12-10-24(36-29)22-5-4-11-33-28(22)40-27-18(2)6-7-20-21(27)8-9-23(30)26(20)25(16-39-3)41(31,37)38/h4-12,17,19,25,32H,13-16H2,1-3H3,(H2,31,37,38)(H,34,35,36)/t17-,19+,25?/m1/s1. The molecule has 1 saturated heterocycles. The number of benzene rings is 2. The van der Waals surface area contributed by atoms with Crippen LogP contribution in [-0.2, 0) is 14.8 Å². The molecule has 4 aromatic rings. The van der Waals surface area contributed by atoms with Gasteiger partial charge in [-0.05, 0) is 67.1 Å². The number of primary sulfonamides is 1. The number of methoxy groups -OCH3 is 1. The van der Waals surface area contributed by atoms with Crippen molar-refractivity contribution in [3.8, 4) is 22.9 Å². The summed E-state index contributed by atoms with van der Waals surface area (Å²) in [7, 11) is -2.84. The number of sulfonamides is 1. The molecule has 0 radical (unpaired) electrons. The molecule has 2 aromatic heterocycles. The monoisotopic (exact) mass is 580 g/mol. The number of halogens is 1. The van der Waals surface area contributed by atoms with Gasteiger partial charge >= 0.3 is 0 Å². The maximum Gasteiger partial charge on any atom is 0.228 e. The van der Waals surface area contributed by atoms with Crippen molar-refractivity contribution in [1.29, 1.82) is 0 Å². The fraction of sp³-hybridized carbons (Fsp3) is 0.345. The molecule has 2 aromatic carbocycles. The van der Waals surface area contributed by atoms with Gasteiger partial charge in [0, 0.05) is 43.0 Å². The summed E-state index contributed by atoms with van der Waals surface area (Å²) in [5, 5.41) is 11.8. The Bertz CT molecular complexity index is 1670. The highest BCUT2D eigenvalue weighted by atomic mass is 32.2. The molecule has 1 unspecified atom stereocenters. The SMILES string of the molecule is COCC(c1c(F)ccc2c(Oc3ncccc3-c3ccnc(N[C@@H]4CNC[C@H](C)C4)n3)c(C)ccc12)S(N)(=O)=O. The summed E-state index contributed by atoms with van der Waals surface area (Å²) in [6.07, 6.45) is 4.31. The molecule has 0 aliphatic carbocycles. The van der Waals surface area contributed by atoms with Crippen LogP contribution in [0.25, 0.3) is 22.0 Å². The van der Waals surface area contributed by atoms with Gasteiger partial charge in [0.25, 0.3) is 0 Å². The fourth-order valence-electron chi connectivity index (χ4n) is 5.23. The average molecular weight is 581 g/mol. The van der Waals surface area contributed by atoms with Crippen molar-refractivity contribution < 1.29 is 22.3 Å². The van der Waals surface area contributed by atoms with Crippen molar-refractivity contribution in [2.24, 2.45) is 11.1 Å². The zero-order chi connectivity index (χ0) is 29.1. The van der Waals surface area contributed by atoms with Gasteiger partial charge in [-0.2, -0.15) is 0 Å². The third kappa shape index (κ3) is 6.30. The lowest BCUT2D eigenvalue weighted by Gasteiger charge is -2.28. The molecule has 0 spiro atoms. The number of pyridine rings is 1. The molecular formula is C29H33FN6O4S. The molecule has 41 heavy (non-hydrogen) atoms. The van der Waals surface area contributed by atoms with E-state index in [-0.39, 0.29) is 24.1 Å². The molecule has 1 aliphatic rings. The first-order chi connectivity index (χ1) is 19.7. The van der Waals surface area contributed by atoms with Gasteiger partial charge in [-0.3, -0.25) is 0 Å². The zero-order valence-electron chi connectivity index (χ0n) is 23.1. The number of hydrogen-bond donors (Lipinski definition) is 3. The van der Waals surface area contributed by atoms with E-state index in [4.69, 9.17) is 19.6 Å². The number of aryl methyl sites for hydroxylation is 1. The number of rotatable bonds is 9. The van der Waals surface area contributed by atoms with Crippen LogP contribution in [-0.4, -0.2) is 56.2 Å². The van der Waals surface area contributed by atoms with E-state index >= 15 is 4.39 Å². The van der Waals surface area contributed by atoms with Gasteiger partial charge in [-0.25, -0.2) is 32.9 Å². The second-order valence-corrected chi connectivity index (χ2v) is 12.1. The molecule has 4 N–H and O–H groups in total. The van der Waals surface area contributed by atoms with Crippen LogP contribution in [0.2, 0.25) is 0 Å². The van der Waals surface area contributed by atoms with E-state index in [1.807, 2.05) is 13.0 Å². The second kappa shape index (κ2) is 12.0. The van der Waals surface area contributed by atoms with Crippen LogP contribution < -0.4 is 20.5 Å². The molecular weight excluding hydrogens is 547 g/mol. The Kier molecular flexibility index (Phi) is 8.45. The van der Waals surface area contributed by atoms with Gasteiger partial charge in [0.2, 0.25) is 21.9 Å². The Balaban J connectivity index is 1.54. The summed E-state index contributed by atoms with van der Waals surface area (Å²) in [5.41, 5.74) is 1.92. The van der Waals surface area contributed by atoms with Gasteiger partial charge in [0.05, 0.1) is 17.9 Å². The smallest absolute Gasteiger partial charge is 0.228 e. The van der Waals surface area contributed by atoms with E-state index < -0.39 is 21.1 Å². The van der Waals surface area contributed by atoms with Crippen LogP contribution in [0, 0.1) is 18.7 Å². The molecule has 1 aliphatic heterocycles. The van der Waals surface area contributed by atoms with Crippen molar-refractivity contribution in [3.05, 3.63) is 71.8 Å². The summed E-state index contributed by atoms with van der Waals surface area (Å²) < 4.78 is 51.4. The number of aromatic nitrogens is 3. The maximum absolute atomic E-state index is 15.1. The molecule has 1 fully saturated rings. The molecule has 3 atom stereocenters. The number of fused-ring (bicyclic) bond motifs is 1. The zero-order valence-corrected chi connectivity index (χ0v) is 23.9. The van der Waals surface area contributed by atoms with Crippen molar-refractivity contribution in [3.63, 3.8) is 0 Å². The van der Waals surface area contributed by atoms with Crippen molar-refractivity contribution in [2.45, 2.75) is 31.6 Å². The molecule has 0 saturated carbocycles. The first-order valence-corrected chi connectivity index (χ1v) is 14.9. The van der Waals surface area contributed by atoms with Crippen LogP contribution in [0.3, 0.4) is 0 Å². The van der Waals surface area contributed by atoms with Crippen molar-refractivity contribution in [1.82, 2.24) is 20.3 Å². The van der Waals surface area contributed by atoms with Crippen molar-refractivity contribution >= 4 is 26.7 Å². The van der Waals surface area contributed by atoms with Gasteiger partial charge in [0.15, 0.2) is 0 Å². The minimum Gasteiger partial charge on any atom is -0.437 e. The number of ether oxygens (including phenoxy) is 2. The Morgan fingerprint density at radius 3 is 2.68 bits per heavy atom. The quantitative estimate of drug-likeness (QED) is 0.264. The van der Waals surface area contributed by atoms with Crippen LogP contribution in [0.5, 0.6) is 11.6 Å². The summed E-state index contributed by atoms with van der Waals surface area (Å²) in [5.74, 6) is 1.04. The lowest BCUT2D eigenvalue weighted by molar-refractivity contribution is 0.196. The first-order valence-electron chi connectivity index (χ1n) is 13.3. The second-order valence-electron chi connectivity index (χ2n) is 10.4. The average Bonchev–Trinajstić information content (AvgIpc) is 2.93. The summed E-state index contributed by atoms with van der Waals surface area (Å²) in [6, 6.07) is 11.8. The van der Waals surface area contributed by atoms with E-state index in [1.165, 1.54) is 13.2 Å². The van der Waals surface area contributed by atoms with Gasteiger partial charge in [0.1, 0.15) is 16.8 Å². The summed E-state index contributed by atoms with van der Waals surface area (Å²) in [6.45, 7) is 5.57. The number of nitrogens with zero attached hydrogens (tertiary/aromatic N) is 3. The first kappa shape index (κ1) is 28.8. The highest BCUT2D eigenvalue weighted by Crippen LogP contribution is 2.40. The molecule has 0 bridgehead atoms. The lowest BCUT2D eigenvalue weighted by Crippen LogP contribution is -2.42. The van der Waals surface area contributed by atoms with E-state index in [0.29, 0.717) is 39.6 Å². The topological polar surface area (TPSA) is 141 Å². The van der Waals surface area contributed by atoms with Gasteiger partial charge in [-0.1, -0.05) is 19.1 Å². The third-order valence-electron chi connectivity index (χ3n) is 7.18. The predicted octanol–water partition coefficient (Wildman–Crippen LogP) is 4.32. The number of anilines is 1.